The van der Waals surface area contributed by atoms with Crippen LogP contribution in [0.3, 0.4) is 0 Å². The topological polar surface area (TPSA) is 103 Å². The van der Waals surface area contributed by atoms with Crippen LogP contribution in [-0.4, -0.2) is 79.5 Å². The Morgan fingerprint density at radius 1 is 1.52 bits per heavy atom. The third kappa shape index (κ3) is 5.97. The Kier molecular flexibility index (Phi) is 7.50. The van der Waals surface area contributed by atoms with Gasteiger partial charge in [-0.3, -0.25) is 4.79 Å². The number of methoxy groups -OCH3 is 1. The SMILES string of the molecule is COCCN(CCC#N)C(=O)N1CCOC(CC(=O)O)C1. The van der Waals surface area contributed by atoms with Crippen LogP contribution in [0.5, 0.6) is 0 Å². The van der Waals surface area contributed by atoms with E-state index in [4.69, 9.17) is 19.8 Å². The molecule has 0 aromatic carbocycles. The number of carboxylic acid groups (broad SMARTS) is 1. The van der Waals surface area contributed by atoms with Crippen molar-refractivity contribution in [3.05, 3.63) is 0 Å². The van der Waals surface area contributed by atoms with Gasteiger partial charge in [0.2, 0.25) is 0 Å². The van der Waals surface area contributed by atoms with Gasteiger partial charge in [0.1, 0.15) is 0 Å². The Morgan fingerprint density at radius 3 is 2.90 bits per heavy atom. The molecule has 1 rings (SSSR count). The van der Waals surface area contributed by atoms with E-state index in [-0.39, 0.29) is 25.4 Å². The second-order valence-corrected chi connectivity index (χ2v) is 4.71. The summed E-state index contributed by atoms with van der Waals surface area (Å²) in [6.45, 7) is 2.11. The van der Waals surface area contributed by atoms with Crippen LogP contribution in [0.25, 0.3) is 0 Å². The van der Waals surface area contributed by atoms with Crippen LogP contribution in [0.1, 0.15) is 12.8 Å². The Balaban J connectivity index is 2.59. The third-order valence-corrected chi connectivity index (χ3v) is 3.14. The minimum absolute atomic E-state index is 0.125. The predicted molar refractivity (Wildman–Crippen MR) is 72.6 cm³/mol. The van der Waals surface area contributed by atoms with Gasteiger partial charge in [0.05, 0.1) is 38.2 Å². The number of carbonyl (C=O) groups excluding carboxylic acids is 1. The first-order valence-electron chi connectivity index (χ1n) is 6.81. The summed E-state index contributed by atoms with van der Waals surface area (Å²) in [5, 5.41) is 17.4. The summed E-state index contributed by atoms with van der Waals surface area (Å²) in [7, 11) is 1.55. The average Bonchev–Trinajstić information content (AvgIpc) is 2.46. The van der Waals surface area contributed by atoms with Crippen molar-refractivity contribution in [3.63, 3.8) is 0 Å². The lowest BCUT2D eigenvalue weighted by Crippen LogP contribution is -2.52. The maximum absolute atomic E-state index is 12.4. The van der Waals surface area contributed by atoms with Crippen molar-refractivity contribution < 1.29 is 24.2 Å². The number of ether oxygens (including phenoxy) is 2. The zero-order valence-corrected chi connectivity index (χ0v) is 12.2. The van der Waals surface area contributed by atoms with Crippen LogP contribution >= 0.6 is 0 Å². The molecule has 8 nitrogen and oxygen atoms in total. The molecule has 0 saturated carbocycles. The third-order valence-electron chi connectivity index (χ3n) is 3.14. The van der Waals surface area contributed by atoms with E-state index in [1.54, 1.807) is 16.9 Å². The quantitative estimate of drug-likeness (QED) is 0.717. The van der Waals surface area contributed by atoms with E-state index in [0.29, 0.717) is 32.8 Å². The molecule has 1 unspecified atom stereocenters. The number of nitriles is 1. The number of aliphatic carboxylic acids is 1. The number of hydrogen-bond acceptors (Lipinski definition) is 5. The van der Waals surface area contributed by atoms with Gasteiger partial charge >= 0.3 is 12.0 Å². The first kappa shape index (κ1) is 17.2. The molecule has 0 spiro atoms. The largest absolute Gasteiger partial charge is 0.481 e. The fourth-order valence-corrected chi connectivity index (χ4v) is 2.10. The number of morpholine rings is 1. The lowest BCUT2D eigenvalue weighted by Gasteiger charge is -2.36. The zero-order valence-electron chi connectivity index (χ0n) is 12.2. The van der Waals surface area contributed by atoms with Crippen molar-refractivity contribution in [3.8, 4) is 6.07 Å². The number of carbonyl (C=O) groups is 2. The van der Waals surface area contributed by atoms with E-state index in [0.717, 1.165) is 0 Å². The van der Waals surface area contributed by atoms with Gasteiger partial charge in [-0.05, 0) is 0 Å². The van der Waals surface area contributed by atoms with Gasteiger partial charge in [0.25, 0.3) is 0 Å². The van der Waals surface area contributed by atoms with Crippen molar-refractivity contribution in [2.45, 2.75) is 18.9 Å². The second kappa shape index (κ2) is 9.15. The molecule has 118 valence electrons. The summed E-state index contributed by atoms with van der Waals surface area (Å²) in [5.41, 5.74) is 0. The molecule has 0 bridgehead atoms. The van der Waals surface area contributed by atoms with Gasteiger partial charge in [-0.1, -0.05) is 0 Å². The maximum Gasteiger partial charge on any atom is 0.320 e. The van der Waals surface area contributed by atoms with Gasteiger partial charge in [-0.2, -0.15) is 5.26 Å². The van der Waals surface area contributed by atoms with E-state index in [2.05, 4.69) is 0 Å². The first-order chi connectivity index (χ1) is 10.1. The van der Waals surface area contributed by atoms with E-state index in [1.165, 1.54) is 0 Å². The number of nitrogens with zero attached hydrogens (tertiary/aromatic N) is 3. The highest BCUT2D eigenvalue weighted by molar-refractivity contribution is 5.75. The minimum Gasteiger partial charge on any atom is -0.481 e. The summed E-state index contributed by atoms with van der Waals surface area (Å²) in [4.78, 5) is 26.3. The smallest absolute Gasteiger partial charge is 0.320 e. The summed E-state index contributed by atoms with van der Waals surface area (Å²) < 4.78 is 10.3. The molecular formula is C13H21N3O5. The van der Waals surface area contributed by atoms with E-state index >= 15 is 0 Å². The lowest BCUT2D eigenvalue weighted by molar-refractivity contribution is -0.141. The van der Waals surface area contributed by atoms with Crippen molar-refractivity contribution in [2.75, 3.05) is 46.5 Å². The van der Waals surface area contributed by atoms with Gasteiger partial charge in [-0.25, -0.2) is 4.79 Å². The minimum atomic E-state index is -0.949. The van der Waals surface area contributed by atoms with Gasteiger partial charge in [0.15, 0.2) is 0 Å². The Bertz CT molecular complexity index is 396. The Morgan fingerprint density at radius 2 is 2.29 bits per heavy atom. The standard InChI is InChI=1S/C13H21N3O5/c1-20-7-5-15(4-2-3-14)13(19)16-6-8-21-11(10-16)9-12(17)18/h11H,2,4-10H2,1H3,(H,17,18). The molecule has 0 aromatic rings. The number of carboxylic acids is 1. The number of hydrogen-bond donors (Lipinski definition) is 1. The van der Waals surface area contributed by atoms with Crippen LogP contribution in [0.4, 0.5) is 4.79 Å². The maximum atomic E-state index is 12.4. The molecule has 0 radical (unpaired) electrons. The van der Waals surface area contributed by atoms with Crippen LogP contribution in [-0.2, 0) is 14.3 Å². The molecule has 1 heterocycles. The van der Waals surface area contributed by atoms with Crippen molar-refractivity contribution in [1.82, 2.24) is 9.80 Å². The van der Waals surface area contributed by atoms with Crippen molar-refractivity contribution in [1.29, 1.82) is 5.26 Å². The molecule has 21 heavy (non-hydrogen) atoms. The van der Waals surface area contributed by atoms with Crippen LogP contribution in [0.2, 0.25) is 0 Å². The molecule has 1 aliphatic heterocycles. The van der Waals surface area contributed by atoms with Crippen LogP contribution in [0.15, 0.2) is 0 Å². The average molecular weight is 299 g/mol. The van der Waals surface area contributed by atoms with E-state index in [9.17, 15) is 9.59 Å². The highest BCUT2D eigenvalue weighted by atomic mass is 16.5. The monoisotopic (exact) mass is 299 g/mol. The van der Waals surface area contributed by atoms with Crippen LogP contribution < -0.4 is 0 Å². The molecule has 0 aromatic heterocycles. The van der Waals surface area contributed by atoms with Crippen LogP contribution in [0, 0.1) is 11.3 Å². The molecule has 1 atom stereocenters. The zero-order chi connectivity index (χ0) is 15.7. The molecule has 1 fully saturated rings. The van der Waals surface area contributed by atoms with Gasteiger partial charge in [-0.15, -0.1) is 0 Å². The van der Waals surface area contributed by atoms with Gasteiger partial charge in [0, 0.05) is 33.3 Å². The Hall–Kier alpha value is -1.85. The number of amides is 2. The molecule has 1 N–H and O–H groups in total. The highest BCUT2D eigenvalue weighted by Crippen LogP contribution is 2.11. The summed E-state index contributed by atoms with van der Waals surface area (Å²) >= 11 is 0. The van der Waals surface area contributed by atoms with E-state index < -0.39 is 12.1 Å². The molecule has 2 amide bonds. The summed E-state index contributed by atoms with van der Waals surface area (Å²) in [5.74, 6) is -0.949. The molecule has 1 aliphatic rings. The molecule has 0 aliphatic carbocycles. The summed E-state index contributed by atoms with van der Waals surface area (Å²) in [6, 6.07) is 1.80. The fraction of sp³-hybridized carbons (Fsp3) is 0.769. The molecule has 8 heteroatoms. The Labute approximate surface area is 123 Å². The number of urea groups is 1. The molecular weight excluding hydrogens is 278 g/mol. The van der Waals surface area contributed by atoms with Crippen molar-refractivity contribution >= 4 is 12.0 Å². The fourth-order valence-electron chi connectivity index (χ4n) is 2.10. The van der Waals surface area contributed by atoms with Crippen molar-refractivity contribution in [2.24, 2.45) is 0 Å². The second-order valence-electron chi connectivity index (χ2n) is 4.71. The first-order valence-corrected chi connectivity index (χ1v) is 6.81. The van der Waals surface area contributed by atoms with Gasteiger partial charge < -0.3 is 24.4 Å². The predicted octanol–water partition coefficient (Wildman–Crippen LogP) is 0.144. The number of rotatable bonds is 7. The lowest BCUT2D eigenvalue weighted by atomic mass is 10.2. The normalized spacial score (nSPS) is 18.1. The summed E-state index contributed by atoms with van der Waals surface area (Å²) in [6.07, 6.45) is -0.362. The highest BCUT2D eigenvalue weighted by Gasteiger charge is 2.28. The van der Waals surface area contributed by atoms with E-state index in [1.807, 2.05) is 6.07 Å². The molecule has 1 saturated heterocycles.